The van der Waals surface area contributed by atoms with Crippen LogP contribution in [-0.2, 0) is 11.5 Å². The zero-order chi connectivity index (χ0) is 8.55. The fourth-order valence-electron chi connectivity index (χ4n) is 1.18. The Balaban J connectivity index is 2.39. The molecule has 1 aromatic rings. The predicted molar refractivity (Wildman–Crippen MR) is 49.6 cm³/mol. The van der Waals surface area contributed by atoms with Crippen molar-refractivity contribution in [3.63, 3.8) is 0 Å². The molecule has 0 bridgehead atoms. The minimum atomic E-state index is -0.0547. The third kappa shape index (κ3) is 1.32. The highest BCUT2D eigenvalue weighted by Gasteiger charge is 2.14. The van der Waals surface area contributed by atoms with Gasteiger partial charge in [0.1, 0.15) is 5.82 Å². The van der Waals surface area contributed by atoms with Gasteiger partial charge in [0, 0.05) is 23.3 Å². The van der Waals surface area contributed by atoms with Crippen molar-refractivity contribution in [2.24, 2.45) is 5.73 Å². The van der Waals surface area contributed by atoms with Crippen LogP contribution in [-0.4, -0.2) is 9.97 Å². The Bertz CT molecular complexity index is 298. The molecule has 0 saturated carbocycles. The lowest BCUT2D eigenvalue weighted by Gasteiger charge is -2.04. The SMILES string of the molecule is CC(N)c1ncc2c(n1)CSC2. The van der Waals surface area contributed by atoms with Gasteiger partial charge in [0.2, 0.25) is 0 Å². The Labute approximate surface area is 75.8 Å². The van der Waals surface area contributed by atoms with Gasteiger partial charge in [0.05, 0.1) is 11.7 Å². The molecule has 2 heterocycles. The number of rotatable bonds is 1. The van der Waals surface area contributed by atoms with Gasteiger partial charge < -0.3 is 5.73 Å². The number of nitrogens with two attached hydrogens (primary N) is 1. The highest BCUT2D eigenvalue weighted by Crippen LogP contribution is 2.27. The van der Waals surface area contributed by atoms with Gasteiger partial charge in [-0.3, -0.25) is 0 Å². The second-order valence-electron chi connectivity index (χ2n) is 2.98. The van der Waals surface area contributed by atoms with Gasteiger partial charge >= 0.3 is 0 Å². The van der Waals surface area contributed by atoms with Crippen molar-refractivity contribution >= 4 is 11.8 Å². The van der Waals surface area contributed by atoms with Crippen LogP contribution in [0.5, 0.6) is 0 Å². The zero-order valence-corrected chi connectivity index (χ0v) is 7.77. The quantitative estimate of drug-likeness (QED) is 0.708. The second-order valence-corrected chi connectivity index (χ2v) is 3.97. The third-order valence-electron chi connectivity index (χ3n) is 1.88. The van der Waals surface area contributed by atoms with Gasteiger partial charge in [-0.05, 0) is 6.92 Å². The van der Waals surface area contributed by atoms with Gasteiger partial charge in [-0.1, -0.05) is 0 Å². The summed E-state index contributed by atoms with van der Waals surface area (Å²) in [6, 6.07) is -0.0547. The molecule has 0 spiro atoms. The first-order chi connectivity index (χ1) is 5.77. The molecule has 1 aliphatic rings. The fraction of sp³-hybridized carbons (Fsp3) is 0.500. The Kier molecular flexibility index (Phi) is 2.02. The summed E-state index contributed by atoms with van der Waals surface area (Å²) in [6.07, 6.45) is 1.90. The first-order valence-electron chi connectivity index (χ1n) is 3.95. The van der Waals surface area contributed by atoms with Crippen LogP contribution in [0.3, 0.4) is 0 Å². The van der Waals surface area contributed by atoms with Crippen LogP contribution in [0, 0.1) is 0 Å². The van der Waals surface area contributed by atoms with Gasteiger partial charge in [-0.2, -0.15) is 11.8 Å². The summed E-state index contributed by atoms with van der Waals surface area (Å²) in [6.45, 7) is 1.91. The lowest BCUT2D eigenvalue weighted by atomic mass is 10.2. The summed E-state index contributed by atoms with van der Waals surface area (Å²) >= 11 is 1.88. The van der Waals surface area contributed by atoms with E-state index < -0.39 is 0 Å². The lowest BCUT2D eigenvalue weighted by Crippen LogP contribution is -2.11. The van der Waals surface area contributed by atoms with Crippen molar-refractivity contribution in [2.75, 3.05) is 0 Å². The molecule has 0 radical (unpaired) electrons. The molecule has 1 aromatic heterocycles. The van der Waals surface area contributed by atoms with Crippen LogP contribution < -0.4 is 5.73 Å². The number of fused-ring (bicyclic) bond motifs is 1. The first kappa shape index (κ1) is 8.01. The van der Waals surface area contributed by atoms with Crippen LogP contribution >= 0.6 is 11.8 Å². The summed E-state index contributed by atoms with van der Waals surface area (Å²) in [5.41, 5.74) is 8.11. The van der Waals surface area contributed by atoms with Crippen molar-refractivity contribution in [2.45, 2.75) is 24.5 Å². The average molecular weight is 181 g/mol. The summed E-state index contributed by atoms with van der Waals surface area (Å²) in [4.78, 5) is 8.60. The molecular formula is C8H11N3S. The average Bonchev–Trinajstić information content (AvgIpc) is 2.49. The topological polar surface area (TPSA) is 51.8 Å². The smallest absolute Gasteiger partial charge is 0.144 e. The molecular weight excluding hydrogens is 170 g/mol. The van der Waals surface area contributed by atoms with Crippen molar-refractivity contribution in [3.05, 3.63) is 23.3 Å². The van der Waals surface area contributed by atoms with E-state index in [0.29, 0.717) is 0 Å². The Hall–Kier alpha value is -0.610. The minimum Gasteiger partial charge on any atom is -0.322 e. The largest absolute Gasteiger partial charge is 0.322 e. The van der Waals surface area contributed by atoms with E-state index in [1.165, 1.54) is 11.3 Å². The van der Waals surface area contributed by atoms with Crippen molar-refractivity contribution in [1.29, 1.82) is 0 Å². The van der Waals surface area contributed by atoms with E-state index in [4.69, 9.17) is 5.73 Å². The number of thioether (sulfide) groups is 1. The number of hydrogen-bond acceptors (Lipinski definition) is 4. The molecule has 0 aromatic carbocycles. The molecule has 0 aliphatic carbocycles. The van der Waals surface area contributed by atoms with Crippen LogP contribution in [0.15, 0.2) is 6.20 Å². The maximum Gasteiger partial charge on any atom is 0.144 e. The molecule has 0 amide bonds. The van der Waals surface area contributed by atoms with Gasteiger partial charge in [0.25, 0.3) is 0 Å². The van der Waals surface area contributed by atoms with Gasteiger partial charge in [0.15, 0.2) is 0 Å². The summed E-state index contributed by atoms with van der Waals surface area (Å²) in [5, 5.41) is 0. The predicted octanol–water partition coefficient (Wildman–Crippen LogP) is 1.24. The molecule has 64 valence electrons. The minimum absolute atomic E-state index is 0.0547. The summed E-state index contributed by atoms with van der Waals surface area (Å²) in [5.74, 6) is 2.82. The van der Waals surface area contributed by atoms with E-state index in [2.05, 4.69) is 9.97 Å². The molecule has 12 heavy (non-hydrogen) atoms. The highest BCUT2D eigenvalue weighted by atomic mass is 32.2. The molecule has 3 nitrogen and oxygen atoms in total. The van der Waals surface area contributed by atoms with Crippen molar-refractivity contribution in [1.82, 2.24) is 9.97 Å². The molecule has 0 saturated heterocycles. The standard InChI is InChI=1S/C8H11N3S/c1-5(9)8-10-2-6-3-12-4-7(6)11-8/h2,5H,3-4,9H2,1H3. The first-order valence-corrected chi connectivity index (χ1v) is 5.11. The fourth-order valence-corrected chi connectivity index (χ4v) is 2.19. The van der Waals surface area contributed by atoms with Crippen LogP contribution in [0.2, 0.25) is 0 Å². The lowest BCUT2D eigenvalue weighted by molar-refractivity contribution is 0.730. The number of nitrogens with zero attached hydrogens (tertiary/aromatic N) is 2. The van der Waals surface area contributed by atoms with Crippen LogP contribution in [0.1, 0.15) is 30.0 Å². The molecule has 0 fully saturated rings. The van der Waals surface area contributed by atoms with E-state index in [0.717, 1.165) is 17.3 Å². The maximum atomic E-state index is 5.68. The van der Waals surface area contributed by atoms with Crippen molar-refractivity contribution < 1.29 is 0 Å². The summed E-state index contributed by atoms with van der Waals surface area (Å²) < 4.78 is 0. The number of aromatic nitrogens is 2. The van der Waals surface area contributed by atoms with E-state index >= 15 is 0 Å². The Morgan fingerprint density at radius 3 is 3.17 bits per heavy atom. The molecule has 1 unspecified atom stereocenters. The van der Waals surface area contributed by atoms with Crippen LogP contribution in [0.25, 0.3) is 0 Å². The third-order valence-corrected chi connectivity index (χ3v) is 2.87. The summed E-state index contributed by atoms with van der Waals surface area (Å²) in [7, 11) is 0. The van der Waals surface area contributed by atoms with E-state index in [1.54, 1.807) is 0 Å². The molecule has 1 atom stereocenters. The second kappa shape index (κ2) is 3.03. The van der Waals surface area contributed by atoms with E-state index in [9.17, 15) is 0 Å². The van der Waals surface area contributed by atoms with E-state index in [-0.39, 0.29) is 6.04 Å². The van der Waals surface area contributed by atoms with E-state index in [1.807, 2.05) is 24.9 Å². The van der Waals surface area contributed by atoms with Gasteiger partial charge in [-0.15, -0.1) is 0 Å². The van der Waals surface area contributed by atoms with Crippen LogP contribution in [0.4, 0.5) is 0 Å². The molecule has 2 N–H and O–H groups in total. The normalized spacial score (nSPS) is 17.5. The highest BCUT2D eigenvalue weighted by molar-refractivity contribution is 7.98. The molecule has 2 rings (SSSR count). The molecule has 4 heteroatoms. The number of hydrogen-bond donors (Lipinski definition) is 1. The van der Waals surface area contributed by atoms with Crippen molar-refractivity contribution in [3.8, 4) is 0 Å². The zero-order valence-electron chi connectivity index (χ0n) is 6.95. The maximum absolute atomic E-state index is 5.68. The molecule has 1 aliphatic heterocycles. The monoisotopic (exact) mass is 181 g/mol. The Morgan fingerprint density at radius 1 is 1.58 bits per heavy atom. The van der Waals surface area contributed by atoms with Gasteiger partial charge in [-0.25, -0.2) is 9.97 Å². The Morgan fingerprint density at radius 2 is 2.42 bits per heavy atom.